The van der Waals surface area contributed by atoms with Crippen molar-refractivity contribution in [3.63, 3.8) is 0 Å². The Morgan fingerprint density at radius 1 is 1.27 bits per heavy atom. The first-order valence-corrected chi connectivity index (χ1v) is 7.80. The number of thiophene rings is 1. The van der Waals surface area contributed by atoms with Crippen molar-refractivity contribution in [2.75, 3.05) is 31.2 Å². The molecule has 6 nitrogen and oxygen atoms in total. The highest BCUT2D eigenvalue weighted by molar-refractivity contribution is 7.17. The molecule has 0 spiro atoms. The van der Waals surface area contributed by atoms with Crippen LogP contribution in [0, 0.1) is 0 Å². The van der Waals surface area contributed by atoms with Gasteiger partial charge in [-0.15, -0.1) is 11.3 Å². The monoisotopic (exact) mass is 316 g/mol. The van der Waals surface area contributed by atoms with Crippen molar-refractivity contribution in [3.05, 3.63) is 47.1 Å². The van der Waals surface area contributed by atoms with E-state index in [0.717, 1.165) is 31.2 Å². The predicted octanol–water partition coefficient (Wildman–Crippen LogP) is 1.74. The molecule has 2 aromatic heterocycles. The van der Waals surface area contributed by atoms with Crippen LogP contribution in [0.1, 0.15) is 15.2 Å². The molecule has 0 bridgehead atoms. The van der Waals surface area contributed by atoms with Crippen LogP contribution in [0.4, 0.5) is 5.00 Å². The Labute approximate surface area is 132 Å². The molecule has 1 fully saturated rings. The largest absolute Gasteiger partial charge is 0.378 e. The van der Waals surface area contributed by atoms with Gasteiger partial charge in [0.25, 0.3) is 5.91 Å². The average molecular weight is 316 g/mol. The van der Waals surface area contributed by atoms with Crippen molar-refractivity contribution in [2.45, 2.75) is 0 Å². The lowest BCUT2D eigenvalue weighted by molar-refractivity contribution is 0.0955. The number of hydrogen-bond donors (Lipinski definition) is 1. The number of hydrogen-bond acceptors (Lipinski definition) is 6. The number of anilines is 1. The quantitative estimate of drug-likeness (QED) is 0.689. The molecule has 1 saturated heterocycles. The maximum absolute atomic E-state index is 11.8. The maximum atomic E-state index is 11.8. The highest BCUT2D eigenvalue weighted by Gasteiger charge is 2.12. The molecule has 1 N–H and O–H groups in total. The van der Waals surface area contributed by atoms with Gasteiger partial charge in [0, 0.05) is 35.9 Å². The minimum atomic E-state index is -0.247. The van der Waals surface area contributed by atoms with E-state index in [1.807, 2.05) is 6.07 Å². The van der Waals surface area contributed by atoms with Gasteiger partial charge in [-0.2, -0.15) is 5.10 Å². The highest BCUT2D eigenvalue weighted by atomic mass is 32.1. The van der Waals surface area contributed by atoms with Crippen molar-refractivity contribution < 1.29 is 9.53 Å². The second-order valence-electron chi connectivity index (χ2n) is 4.71. The summed E-state index contributed by atoms with van der Waals surface area (Å²) in [6.45, 7) is 3.36. The lowest BCUT2D eigenvalue weighted by atomic mass is 10.3. The topological polar surface area (TPSA) is 66.8 Å². The van der Waals surface area contributed by atoms with E-state index in [4.69, 9.17) is 4.74 Å². The molecule has 0 aromatic carbocycles. The van der Waals surface area contributed by atoms with Crippen LogP contribution in [0.15, 0.2) is 41.8 Å². The molecule has 1 aliphatic rings. The van der Waals surface area contributed by atoms with Gasteiger partial charge < -0.3 is 9.64 Å². The molecule has 0 saturated carbocycles. The van der Waals surface area contributed by atoms with E-state index >= 15 is 0 Å². The summed E-state index contributed by atoms with van der Waals surface area (Å²) >= 11 is 1.65. The molecule has 1 aliphatic heterocycles. The second-order valence-corrected chi connectivity index (χ2v) is 5.80. The summed E-state index contributed by atoms with van der Waals surface area (Å²) in [5.41, 5.74) is 3.05. The van der Waals surface area contributed by atoms with Crippen LogP contribution in [0.2, 0.25) is 0 Å². The molecule has 0 unspecified atom stereocenters. The first-order chi connectivity index (χ1) is 10.8. The number of ether oxygens (including phenoxy) is 1. The van der Waals surface area contributed by atoms with E-state index in [0.29, 0.717) is 5.56 Å². The predicted molar refractivity (Wildman–Crippen MR) is 86.6 cm³/mol. The summed E-state index contributed by atoms with van der Waals surface area (Å²) in [7, 11) is 0. The normalized spacial score (nSPS) is 15.2. The maximum Gasteiger partial charge on any atom is 0.271 e. The number of carbonyl (C=O) groups excluding carboxylic acids is 1. The van der Waals surface area contributed by atoms with Crippen LogP contribution in [0.25, 0.3) is 0 Å². The van der Waals surface area contributed by atoms with Crippen LogP contribution in [0.3, 0.4) is 0 Å². The summed E-state index contributed by atoms with van der Waals surface area (Å²) in [5, 5.41) is 5.20. The Bertz CT molecular complexity index is 651. The molecule has 3 heterocycles. The molecule has 0 atom stereocenters. The Morgan fingerprint density at radius 3 is 2.82 bits per heavy atom. The van der Waals surface area contributed by atoms with Gasteiger partial charge in [0.1, 0.15) is 0 Å². The van der Waals surface area contributed by atoms with Crippen LogP contribution < -0.4 is 10.3 Å². The number of rotatable bonds is 4. The zero-order valence-corrected chi connectivity index (χ0v) is 12.8. The van der Waals surface area contributed by atoms with E-state index in [1.54, 1.807) is 42.1 Å². The third kappa shape index (κ3) is 3.69. The number of amides is 1. The van der Waals surface area contributed by atoms with Gasteiger partial charge in [-0.1, -0.05) is 0 Å². The van der Waals surface area contributed by atoms with Gasteiger partial charge in [0.15, 0.2) is 0 Å². The number of nitrogens with zero attached hydrogens (tertiary/aromatic N) is 3. The number of hydrazone groups is 1. The smallest absolute Gasteiger partial charge is 0.271 e. The van der Waals surface area contributed by atoms with Crippen molar-refractivity contribution in [3.8, 4) is 0 Å². The van der Waals surface area contributed by atoms with E-state index in [2.05, 4.69) is 26.5 Å². The van der Waals surface area contributed by atoms with Crippen molar-refractivity contribution in [1.29, 1.82) is 0 Å². The van der Waals surface area contributed by atoms with Gasteiger partial charge in [-0.3, -0.25) is 9.78 Å². The standard InChI is InChI=1S/C15H16N4O2S/c20-15(12-3-5-16-6-4-12)18-17-11-13-1-2-14(22-13)19-7-9-21-10-8-19/h1-6,11H,7-10H2,(H,18,20). The zero-order valence-electron chi connectivity index (χ0n) is 11.9. The third-order valence-corrected chi connectivity index (χ3v) is 4.32. The minimum Gasteiger partial charge on any atom is -0.378 e. The van der Waals surface area contributed by atoms with Crippen LogP contribution in [0.5, 0.6) is 0 Å². The highest BCUT2D eigenvalue weighted by Crippen LogP contribution is 2.25. The number of nitrogens with one attached hydrogen (secondary N) is 1. The zero-order chi connectivity index (χ0) is 15.2. The second kappa shape index (κ2) is 7.15. The van der Waals surface area contributed by atoms with Gasteiger partial charge in [0.05, 0.1) is 24.4 Å². The third-order valence-electron chi connectivity index (χ3n) is 3.24. The Hall–Kier alpha value is -2.25. The first kappa shape index (κ1) is 14.7. The summed E-state index contributed by atoms with van der Waals surface area (Å²) in [5.74, 6) is -0.247. The average Bonchev–Trinajstić information content (AvgIpc) is 3.05. The summed E-state index contributed by atoms with van der Waals surface area (Å²) in [6, 6.07) is 7.36. The minimum absolute atomic E-state index is 0.247. The van der Waals surface area contributed by atoms with E-state index < -0.39 is 0 Å². The van der Waals surface area contributed by atoms with Crippen molar-refractivity contribution in [2.24, 2.45) is 5.10 Å². The number of aromatic nitrogens is 1. The van der Waals surface area contributed by atoms with Gasteiger partial charge in [-0.25, -0.2) is 5.43 Å². The summed E-state index contributed by atoms with van der Waals surface area (Å²) < 4.78 is 5.35. The fourth-order valence-corrected chi connectivity index (χ4v) is 3.02. The Balaban J connectivity index is 1.57. The lowest BCUT2D eigenvalue weighted by Crippen LogP contribution is -2.35. The van der Waals surface area contributed by atoms with Crippen LogP contribution in [-0.2, 0) is 4.74 Å². The summed E-state index contributed by atoms with van der Waals surface area (Å²) in [4.78, 5) is 19.0. The van der Waals surface area contributed by atoms with Gasteiger partial charge in [-0.05, 0) is 24.3 Å². The molecule has 114 valence electrons. The van der Waals surface area contributed by atoms with Gasteiger partial charge in [0.2, 0.25) is 0 Å². The fourth-order valence-electron chi connectivity index (χ4n) is 2.09. The fraction of sp³-hybridized carbons (Fsp3) is 0.267. The van der Waals surface area contributed by atoms with E-state index in [1.165, 1.54) is 5.00 Å². The van der Waals surface area contributed by atoms with Crippen molar-refractivity contribution >= 4 is 28.5 Å². The van der Waals surface area contributed by atoms with Crippen molar-refractivity contribution in [1.82, 2.24) is 10.4 Å². The number of pyridine rings is 1. The molecular formula is C15H16N4O2S. The lowest BCUT2D eigenvalue weighted by Gasteiger charge is -2.27. The first-order valence-electron chi connectivity index (χ1n) is 6.99. The molecule has 0 aliphatic carbocycles. The van der Waals surface area contributed by atoms with E-state index in [-0.39, 0.29) is 5.91 Å². The summed E-state index contributed by atoms with van der Waals surface area (Å²) in [6.07, 6.45) is 4.81. The molecular weight excluding hydrogens is 300 g/mol. The van der Waals surface area contributed by atoms with E-state index in [9.17, 15) is 4.79 Å². The Morgan fingerprint density at radius 2 is 2.05 bits per heavy atom. The molecule has 1 amide bonds. The molecule has 0 radical (unpaired) electrons. The Kier molecular flexibility index (Phi) is 4.77. The van der Waals surface area contributed by atoms with Crippen LogP contribution in [-0.4, -0.2) is 43.4 Å². The number of carbonyl (C=O) groups is 1. The molecule has 7 heteroatoms. The van der Waals surface area contributed by atoms with Gasteiger partial charge >= 0.3 is 0 Å². The SMILES string of the molecule is O=C(NN=Cc1ccc(N2CCOCC2)s1)c1ccncc1. The molecule has 22 heavy (non-hydrogen) atoms. The molecule has 3 rings (SSSR count). The molecule has 2 aromatic rings. The van der Waals surface area contributed by atoms with Crippen LogP contribution >= 0.6 is 11.3 Å². The number of morpholine rings is 1.